The van der Waals surface area contributed by atoms with E-state index in [0.29, 0.717) is 5.69 Å². The van der Waals surface area contributed by atoms with Crippen LogP contribution in [0.3, 0.4) is 0 Å². The predicted molar refractivity (Wildman–Crippen MR) is 90.3 cm³/mol. The second kappa shape index (κ2) is 4.99. The summed E-state index contributed by atoms with van der Waals surface area (Å²) in [6.07, 6.45) is 1.92. The van der Waals surface area contributed by atoms with Gasteiger partial charge >= 0.3 is 0 Å². The number of benzene rings is 3. The smallest absolute Gasteiger partial charge is 0.262 e. The van der Waals surface area contributed by atoms with E-state index in [4.69, 9.17) is 0 Å². The lowest BCUT2D eigenvalue weighted by molar-refractivity contribution is 0.475. The van der Waals surface area contributed by atoms with Gasteiger partial charge in [-0.3, -0.25) is 4.72 Å². The van der Waals surface area contributed by atoms with Crippen LogP contribution in [-0.4, -0.2) is 13.5 Å². The fourth-order valence-electron chi connectivity index (χ4n) is 3.19. The van der Waals surface area contributed by atoms with Gasteiger partial charge in [0.15, 0.2) is 0 Å². The van der Waals surface area contributed by atoms with Gasteiger partial charge in [0.2, 0.25) is 0 Å². The normalized spacial score (nSPS) is 13.4. The third kappa shape index (κ3) is 2.33. The molecular weight excluding hydrogens is 310 g/mol. The maximum Gasteiger partial charge on any atom is 0.262 e. The van der Waals surface area contributed by atoms with Crippen LogP contribution >= 0.6 is 0 Å². The second-order valence-corrected chi connectivity index (χ2v) is 7.37. The Balaban J connectivity index is 1.84. The molecule has 0 spiro atoms. The van der Waals surface area contributed by atoms with E-state index in [-0.39, 0.29) is 10.6 Å². The van der Waals surface area contributed by atoms with Crippen molar-refractivity contribution in [1.29, 1.82) is 0 Å². The van der Waals surface area contributed by atoms with Crippen LogP contribution in [-0.2, 0) is 22.9 Å². The summed E-state index contributed by atoms with van der Waals surface area (Å²) in [5, 5.41) is 11.1. The van der Waals surface area contributed by atoms with Crippen LogP contribution in [0.15, 0.2) is 59.5 Å². The molecule has 0 bridgehead atoms. The molecule has 0 fully saturated rings. The van der Waals surface area contributed by atoms with Crippen LogP contribution in [0.5, 0.6) is 5.75 Å². The first-order chi connectivity index (χ1) is 11.0. The Hall–Kier alpha value is -2.53. The molecule has 0 aliphatic heterocycles. The molecule has 0 saturated heterocycles. The van der Waals surface area contributed by atoms with E-state index < -0.39 is 10.0 Å². The Morgan fingerprint density at radius 3 is 2.30 bits per heavy atom. The van der Waals surface area contributed by atoms with E-state index in [1.807, 2.05) is 18.2 Å². The topological polar surface area (TPSA) is 66.4 Å². The molecule has 0 unspecified atom stereocenters. The number of hydrogen-bond donors (Lipinski definition) is 2. The van der Waals surface area contributed by atoms with E-state index >= 15 is 0 Å². The highest BCUT2D eigenvalue weighted by Crippen LogP contribution is 2.35. The van der Waals surface area contributed by atoms with Crippen molar-refractivity contribution in [3.63, 3.8) is 0 Å². The third-order valence-corrected chi connectivity index (χ3v) is 5.69. The summed E-state index contributed by atoms with van der Waals surface area (Å²) in [7, 11) is -3.69. The molecule has 23 heavy (non-hydrogen) atoms. The molecule has 0 saturated carbocycles. The highest BCUT2D eigenvalue weighted by Gasteiger charge is 2.22. The summed E-state index contributed by atoms with van der Waals surface area (Å²) >= 11 is 0. The SMILES string of the molecule is O=S(=O)(Nc1ccc(O)cc1)c1ccc2c3c(cccc13)CC2. The number of phenolic OH excluding ortho intramolecular Hbond substituents is 1. The van der Waals surface area contributed by atoms with Gasteiger partial charge in [0.05, 0.1) is 4.90 Å². The van der Waals surface area contributed by atoms with Crippen LogP contribution in [0.1, 0.15) is 11.1 Å². The van der Waals surface area contributed by atoms with E-state index in [9.17, 15) is 13.5 Å². The average molecular weight is 325 g/mol. The zero-order valence-corrected chi connectivity index (χ0v) is 13.1. The molecule has 3 aromatic rings. The molecule has 3 aromatic carbocycles. The molecule has 4 nitrogen and oxygen atoms in total. The van der Waals surface area contributed by atoms with Crippen LogP contribution < -0.4 is 4.72 Å². The monoisotopic (exact) mass is 325 g/mol. The lowest BCUT2D eigenvalue weighted by Gasteiger charge is -2.12. The Labute approximate surface area is 134 Å². The van der Waals surface area contributed by atoms with Crippen molar-refractivity contribution in [2.75, 3.05) is 4.72 Å². The van der Waals surface area contributed by atoms with E-state index in [0.717, 1.165) is 23.6 Å². The largest absolute Gasteiger partial charge is 0.508 e. The number of anilines is 1. The van der Waals surface area contributed by atoms with E-state index in [1.54, 1.807) is 6.07 Å². The summed E-state index contributed by atoms with van der Waals surface area (Å²) < 4.78 is 28.1. The molecule has 0 amide bonds. The van der Waals surface area contributed by atoms with Gasteiger partial charge in [-0.2, -0.15) is 0 Å². The highest BCUT2D eigenvalue weighted by atomic mass is 32.2. The fraction of sp³-hybridized carbons (Fsp3) is 0.111. The fourth-order valence-corrected chi connectivity index (χ4v) is 4.46. The van der Waals surface area contributed by atoms with Gasteiger partial charge in [-0.15, -0.1) is 0 Å². The maximum atomic E-state index is 12.8. The number of aromatic hydroxyl groups is 1. The van der Waals surface area contributed by atoms with E-state index in [1.165, 1.54) is 35.4 Å². The number of nitrogens with one attached hydrogen (secondary N) is 1. The van der Waals surface area contributed by atoms with Crippen LogP contribution in [0, 0.1) is 0 Å². The van der Waals surface area contributed by atoms with Crippen molar-refractivity contribution in [2.24, 2.45) is 0 Å². The van der Waals surface area contributed by atoms with Gasteiger partial charge in [-0.1, -0.05) is 24.3 Å². The van der Waals surface area contributed by atoms with Crippen molar-refractivity contribution in [3.05, 3.63) is 65.7 Å². The highest BCUT2D eigenvalue weighted by molar-refractivity contribution is 7.93. The zero-order chi connectivity index (χ0) is 16.0. The predicted octanol–water partition coefficient (Wildman–Crippen LogP) is 3.44. The first-order valence-corrected chi connectivity index (χ1v) is 8.88. The van der Waals surface area contributed by atoms with Gasteiger partial charge in [-0.05, 0) is 59.7 Å². The van der Waals surface area contributed by atoms with Gasteiger partial charge in [0, 0.05) is 11.1 Å². The summed E-state index contributed by atoms with van der Waals surface area (Å²) in [5.41, 5.74) is 2.84. The van der Waals surface area contributed by atoms with Crippen LogP contribution in [0.2, 0.25) is 0 Å². The summed E-state index contributed by atoms with van der Waals surface area (Å²) in [6.45, 7) is 0. The Bertz CT molecular complexity index is 998. The van der Waals surface area contributed by atoms with Crippen molar-refractivity contribution >= 4 is 26.5 Å². The zero-order valence-electron chi connectivity index (χ0n) is 12.3. The van der Waals surface area contributed by atoms with Gasteiger partial charge in [0.1, 0.15) is 5.75 Å². The molecule has 4 rings (SSSR count). The van der Waals surface area contributed by atoms with Crippen LogP contribution in [0.4, 0.5) is 5.69 Å². The third-order valence-electron chi connectivity index (χ3n) is 4.25. The molecule has 1 aliphatic rings. The summed E-state index contributed by atoms with van der Waals surface area (Å²) in [6, 6.07) is 15.4. The second-order valence-electron chi connectivity index (χ2n) is 5.71. The molecule has 1 aliphatic carbocycles. The molecule has 0 heterocycles. The minimum absolute atomic E-state index is 0.0956. The Morgan fingerprint density at radius 1 is 0.870 bits per heavy atom. The van der Waals surface area contributed by atoms with Crippen molar-refractivity contribution in [3.8, 4) is 5.75 Å². The lowest BCUT2D eigenvalue weighted by atomic mass is 10.1. The lowest BCUT2D eigenvalue weighted by Crippen LogP contribution is -2.13. The minimum atomic E-state index is -3.69. The standard InChI is InChI=1S/C18H15NO3S/c20-15-9-7-14(8-10-15)19-23(21,22)17-11-6-13-5-4-12-2-1-3-16(17)18(12)13/h1-3,6-11,19-20H,4-5H2. The Morgan fingerprint density at radius 2 is 1.57 bits per heavy atom. The van der Waals surface area contributed by atoms with Gasteiger partial charge in [0.25, 0.3) is 10.0 Å². The molecule has 2 N–H and O–H groups in total. The molecule has 5 heteroatoms. The number of phenols is 1. The molecule has 116 valence electrons. The number of hydrogen-bond acceptors (Lipinski definition) is 3. The first kappa shape index (κ1) is 14.1. The van der Waals surface area contributed by atoms with Gasteiger partial charge < -0.3 is 5.11 Å². The van der Waals surface area contributed by atoms with Gasteiger partial charge in [-0.25, -0.2) is 8.42 Å². The minimum Gasteiger partial charge on any atom is -0.508 e. The molecule has 0 radical (unpaired) electrons. The number of sulfonamides is 1. The van der Waals surface area contributed by atoms with E-state index in [2.05, 4.69) is 10.8 Å². The Kier molecular flexibility index (Phi) is 3.06. The quantitative estimate of drug-likeness (QED) is 0.725. The van der Waals surface area contributed by atoms with Crippen molar-refractivity contribution < 1.29 is 13.5 Å². The number of rotatable bonds is 3. The van der Waals surface area contributed by atoms with Crippen LogP contribution in [0.25, 0.3) is 10.8 Å². The summed E-state index contributed by atoms with van der Waals surface area (Å²) in [5.74, 6) is 0.0956. The first-order valence-electron chi connectivity index (χ1n) is 7.40. The molecule has 0 aromatic heterocycles. The molecular formula is C18H15NO3S. The number of aryl methyl sites for hydroxylation is 2. The summed E-state index contributed by atoms with van der Waals surface area (Å²) in [4.78, 5) is 0.285. The van der Waals surface area contributed by atoms with Crippen molar-refractivity contribution in [1.82, 2.24) is 0 Å². The average Bonchev–Trinajstić information content (AvgIpc) is 2.95. The maximum absolute atomic E-state index is 12.8. The van der Waals surface area contributed by atoms with Crippen molar-refractivity contribution in [2.45, 2.75) is 17.7 Å². The molecule has 0 atom stereocenters.